The zero-order chi connectivity index (χ0) is 10.1. The Bertz CT molecular complexity index is 414. The Morgan fingerprint density at radius 2 is 2.08 bits per heavy atom. The van der Waals surface area contributed by atoms with Crippen molar-refractivity contribution in [3.8, 4) is 0 Å². The van der Waals surface area contributed by atoms with E-state index in [4.69, 9.17) is 11.6 Å². The molecule has 0 N–H and O–H groups in total. The molecule has 1 aromatic rings. The topological polar surface area (TPSA) is 34.1 Å². The summed E-state index contributed by atoms with van der Waals surface area (Å²) in [6.45, 7) is 1.78. The second-order valence-electron chi connectivity index (χ2n) is 2.66. The summed E-state index contributed by atoms with van der Waals surface area (Å²) in [5.74, 6) is 0.176. The number of benzene rings is 1. The van der Waals surface area contributed by atoms with Crippen LogP contribution >= 0.6 is 11.6 Å². The van der Waals surface area contributed by atoms with Crippen LogP contribution in [0, 0.1) is 6.92 Å². The van der Waals surface area contributed by atoms with Gasteiger partial charge in [0.05, 0.1) is 4.90 Å². The zero-order valence-electron chi connectivity index (χ0n) is 6.92. The van der Waals surface area contributed by atoms with Gasteiger partial charge in [-0.15, -0.1) is 15.5 Å². The highest BCUT2D eigenvalue weighted by Gasteiger charge is 2.12. The van der Waals surface area contributed by atoms with Gasteiger partial charge in [0.1, 0.15) is 0 Å². The number of halogens is 2. The summed E-state index contributed by atoms with van der Waals surface area (Å²) in [4.78, 5) is -0.339. The normalized spacial score (nSPS) is 11.6. The molecule has 0 atom stereocenters. The molecular weight excluding hydrogens is 215 g/mol. The predicted octanol–water partition coefficient (Wildman–Crippen LogP) is 2.39. The summed E-state index contributed by atoms with van der Waals surface area (Å²) in [7, 11) is -4.61. The third-order valence-electron chi connectivity index (χ3n) is 1.75. The van der Waals surface area contributed by atoms with E-state index < -0.39 is 10.2 Å². The van der Waals surface area contributed by atoms with Crippen LogP contribution in [0.3, 0.4) is 0 Å². The minimum absolute atomic E-state index is 0.176. The molecule has 0 spiro atoms. The van der Waals surface area contributed by atoms with Crippen LogP contribution in [0.2, 0.25) is 0 Å². The Hall–Kier alpha value is -0.610. The summed E-state index contributed by atoms with van der Waals surface area (Å²) in [6.07, 6.45) is 0. The van der Waals surface area contributed by atoms with Gasteiger partial charge in [0.2, 0.25) is 0 Å². The smallest absolute Gasteiger partial charge is 0.189 e. The van der Waals surface area contributed by atoms with Crippen molar-refractivity contribution in [1.29, 1.82) is 0 Å². The van der Waals surface area contributed by atoms with Crippen molar-refractivity contribution in [2.75, 3.05) is 0 Å². The Labute approximate surface area is 81.6 Å². The van der Waals surface area contributed by atoms with E-state index in [-0.39, 0.29) is 10.8 Å². The van der Waals surface area contributed by atoms with Gasteiger partial charge in [0, 0.05) is 5.88 Å². The maximum Gasteiger partial charge on any atom is 0.332 e. The van der Waals surface area contributed by atoms with E-state index in [2.05, 4.69) is 0 Å². The first-order chi connectivity index (χ1) is 5.95. The highest BCUT2D eigenvalue weighted by atomic mass is 35.5. The second-order valence-corrected chi connectivity index (χ2v) is 4.27. The second kappa shape index (κ2) is 3.64. The van der Waals surface area contributed by atoms with E-state index in [0.717, 1.165) is 5.56 Å². The molecule has 1 rings (SSSR count). The van der Waals surface area contributed by atoms with Crippen molar-refractivity contribution in [3.05, 3.63) is 29.3 Å². The van der Waals surface area contributed by atoms with Gasteiger partial charge >= 0.3 is 10.2 Å². The fourth-order valence-electron chi connectivity index (χ4n) is 0.943. The van der Waals surface area contributed by atoms with Gasteiger partial charge in [0.25, 0.3) is 0 Å². The van der Waals surface area contributed by atoms with Gasteiger partial charge in [-0.25, -0.2) is 0 Å². The average molecular weight is 223 g/mol. The molecule has 0 bridgehead atoms. The highest BCUT2D eigenvalue weighted by molar-refractivity contribution is 7.86. The summed E-state index contributed by atoms with van der Waals surface area (Å²) in [6, 6.07) is 4.00. The number of aryl methyl sites for hydroxylation is 1. The molecule has 0 saturated heterocycles. The SMILES string of the molecule is Cc1ccc(S(=O)(=O)F)cc1CCl. The Balaban J connectivity index is 3.30. The van der Waals surface area contributed by atoms with Crippen LogP contribution in [0.15, 0.2) is 23.1 Å². The number of rotatable bonds is 2. The fourth-order valence-corrected chi connectivity index (χ4v) is 1.75. The van der Waals surface area contributed by atoms with Gasteiger partial charge in [-0.3, -0.25) is 0 Å². The van der Waals surface area contributed by atoms with Crippen molar-refractivity contribution in [3.63, 3.8) is 0 Å². The van der Waals surface area contributed by atoms with Crippen LogP contribution in [0.1, 0.15) is 11.1 Å². The van der Waals surface area contributed by atoms with Crippen LogP contribution in [0.25, 0.3) is 0 Å². The fraction of sp³-hybridized carbons (Fsp3) is 0.250. The lowest BCUT2D eigenvalue weighted by molar-refractivity contribution is 0.552. The number of hydrogen-bond donors (Lipinski definition) is 0. The first kappa shape index (κ1) is 10.5. The largest absolute Gasteiger partial charge is 0.332 e. The average Bonchev–Trinajstić information content (AvgIpc) is 2.03. The molecule has 0 aliphatic rings. The number of hydrogen-bond acceptors (Lipinski definition) is 2. The van der Waals surface area contributed by atoms with Crippen molar-refractivity contribution in [1.82, 2.24) is 0 Å². The monoisotopic (exact) mass is 222 g/mol. The molecule has 0 aromatic heterocycles. The van der Waals surface area contributed by atoms with E-state index in [9.17, 15) is 12.3 Å². The Kier molecular flexibility index (Phi) is 2.93. The molecule has 0 radical (unpaired) electrons. The summed E-state index contributed by atoms with van der Waals surface area (Å²) >= 11 is 5.54. The van der Waals surface area contributed by atoms with Gasteiger partial charge in [0.15, 0.2) is 0 Å². The molecule has 0 aliphatic heterocycles. The van der Waals surface area contributed by atoms with Crippen molar-refractivity contribution in [2.24, 2.45) is 0 Å². The first-order valence-corrected chi connectivity index (χ1v) is 5.47. The maximum absolute atomic E-state index is 12.5. The summed E-state index contributed by atoms with van der Waals surface area (Å²) < 4.78 is 33.5. The first-order valence-electron chi connectivity index (χ1n) is 3.55. The van der Waals surface area contributed by atoms with Gasteiger partial charge < -0.3 is 0 Å². The lowest BCUT2D eigenvalue weighted by atomic mass is 10.1. The molecule has 72 valence electrons. The molecule has 0 heterocycles. The Morgan fingerprint density at radius 3 is 2.54 bits per heavy atom. The molecule has 0 unspecified atom stereocenters. The van der Waals surface area contributed by atoms with Gasteiger partial charge in [-0.1, -0.05) is 6.07 Å². The quantitative estimate of drug-likeness (QED) is 0.569. The third kappa shape index (κ3) is 2.42. The van der Waals surface area contributed by atoms with Crippen LogP contribution < -0.4 is 0 Å². The molecule has 1 aromatic carbocycles. The lowest BCUT2D eigenvalue weighted by Gasteiger charge is -2.02. The van der Waals surface area contributed by atoms with E-state index in [1.165, 1.54) is 18.2 Å². The Morgan fingerprint density at radius 1 is 1.46 bits per heavy atom. The summed E-state index contributed by atoms with van der Waals surface area (Å²) in [5.41, 5.74) is 1.47. The minimum Gasteiger partial charge on any atom is -0.189 e. The highest BCUT2D eigenvalue weighted by Crippen LogP contribution is 2.18. The third-order valence-corrected chi connectivity index (χ3v) is 2.85. The standard InChI is InChI=1S/C8H8ClFO2S/c1-6-2-3-8(13(10,11)12)4-7(6)5-9/h2-4H,5H2,1H3. The molecule has 0 amide bonds. The van der Waals surface area contributed by atoms with E-state index in [1.807, 2.05) is 0 Å². The van der Waals surface area contributed by atoms with Crippen LogP contribution in [0.5, 0.6) is 0 Å². The van der Waals surface area contributed by atoms with Crippen LogP contribution in [-0.4, -0.2) is 8.42 Å². The lowest BCUT2D eigenvalue weighted by Crippen LogP contribution is -1.94. The number of alkyl halides is 1. The van der Waals surface area contributed by atoms with E-state index in [0.29, 0.717) is 5.56 Å². The van der Waals surface area contributed by atoms with Crippen molar-refractivity contribution in [2.45, 2.75) is 17.7 Å². The zero-order valence-corrected chi connectivity index (χ0v) is 8.49. The van der Waals surface area contributed by atoms with Gasteiger partial charge in [-0.05, 0) is 30.2 Å². The van der Waals surface area contributed by atoms with Crippen molar-refractivity contribution >= 4 is 21.8 Å². The predicted molar refractivity (Wildman–Crippen MR) is 49.0 cm³/mol. The van der Waals surface area contributed by atoms with Crippen LogP contribution in [-0.2, 0) is 16.1 Å². The van der Waals surface area contributed by atoms with Crippen molar-refractivity contribution < 1.29 is 12.3 Å². The molecule has 5 heteroatoms. The maximum atomic E-state index is 12.5. The molecule has 0 saturated carbocycles. The van der Waals surface area contributed by atoms with Crippen LogP contribution in [0.4, 0.5) is 3.89 Å². The molecule has 2 nitrogen and oxygen atoms in total. The molecule has 0 aliphatic carbocycles. The minimum atomic E-state index is -4.61. The van der Waals surface area contributed by atoms with E-state index >= 15 is 0 Å². The molecule has 13 heavy (non-hydrogen) atoms. The van der Waals surface area contributed by atoms with Gasteiger partial charge in [-0.2, -0.15) is 8.42 Å². The summed E-state index contributed by atoms with van der Waals surface area (Å²) in [5, 5.41) is 0. The van der Waals surface area contributed by atoms with E-state index in [1.54, 1.807) is 6.92 Å². The molecular formula is C8H8ClFO2S. The molecule has 0 fully saturated rings.